The largest absolute Gasteiger partial charge is 0.479 e. The van der Waals surface area contributed by atoms with Crippen molar-refractivity contribution in [1.29, 1.82) is 0 Å². The van der Waals surface area contributed by atoms with Gasteiger partial charge < -0.3 is 20.5 Å². The van der Waals surface area contributed by atoms with E-state index in [-0.39, 0.29) is 0 Å². The number of benzene rings is 1. The van der Waals surface area contributed by atoms with Crippen LogP contribution in [0, 0.1) is 0 Å². The van der Waals surface area contributed by atoms with E-state index in [0.29, 0.717) is 31.7 Å². The van der Waals surface area contributed by atoms with Crippen molar-refractivity contribution in [1.82, 2.24) is 10.6 Å². The molecule has 0 fully saturated rings. The number of amides is 2. The molecule has 0 aromatic heterocycles. The van der Waals surface area contributed by atoms with Gasteiger partial charge in [-0.3, -0.25) is 0 Å². The number of aliphatic carboxylic acids is 1. The number of carbonyl (C=O) groups is 2. The topological polar surface area (TPSA) is 87.7 Å². The Hall–Kier alpha value is -2.08. The van der Waals surface area contributed by atoms with E-state index in [9.17, 15) is 9.59 Å². The highest BCUT2D eigenvalue weighted by atomic mass is 16.5. The Kier molecular flexibility index (Phi) is 7.13. The molecule has 1 aromatic rings. The minimum atomic E-state index is -1.10. The lowest BCUT2D eigenvalue weighted by Crippen LogP contribution is -2.41. The summed E-state index contributed by atoms with van der Waals surface area (Å²) in [4.78, 5) is 22.8. The number of carboxylic acids is 1. The zero-order chi connectivity index (χ0) is 14.8. The van der Waals surface area contributed by atoms with Crippen molar-refractivity contribution < 1.29 is 19.4 Å². The van der Waals surface area contributed by atoms with Crippen LogP contribution in [0.1, 0.15) is 24.9 Å². The average Bonchev–Trinajstić information content (AvgIpc) is 2.45. The molecule has 0 aliphatic rings. The van der Waals surface area contributed by atoms with Gasteiger partial charge in [0.25, 0.3) is 0 Å². The summed E-state index contributed by atoms with van der Waals surface area (Å²) in [5, 5.41) is 14.2. The summed E-state index contributed by atoms with van der Waals surface area (Å²) in [5.74, 6) is -1.10. The highest BCUT2D eigenvalue weighted by Gasteiger charge is 2.21. The molecular formula is C14H20N2O4. The van der Waals surface area contributed by atoms with Crippen LogP contribution >= 0.6 is 0 Å². The summed E-state index contributed by atoms with van der Waals surface area (Å²) in [7, 11) is 0. The molecule has 0 unspecified atom stereocenters. The van der Waals surface area contributed by atoms with Gasteiger partial charge in [-0.15, -0.1) is 0 Å². The maximum atomic E-state index is 11.6. The van der Waals surface area contributed by atoms with Crippen LogP contribution in [0.15, 0.2) is 30.3 Å². The lowest BCUT2D eigenvalue weighted by atomic mass is 10.1. The molecule has 0 aliphatic heterocycles. The number of urea groups is 1. The van der Waals surface area contributed by atoms with Gasteiger partial charge in [-0.25, -0.2) is 9.59 Å². The Balaban J connectivity index is 2.43. The predicted octanol–water partition coefficient (Wildman–Crippen LogP) is 1.54. The van der Waals surface area contributed by atoms with Crippen molar-refractivity contribution in [3.05, 3.63) is 35.9 Å². The number of hydrogen-bond donors (Lipinski definition) is 3. The Morgan fingerprint density at radius 3 is 2.60 bits per heavy atom. The Morgan fingerprint density at radius 1 is 1.30 bits per heavy atom. The Labute approximate surface area is 118 Å². The van der Waals surface area contributed by atoms with E-state index in [1.54, 1.807) is 30.3 Å². The summed E-state index contributed by atoms with van der Waals surface area (Å²) in [6.45, 7) is 3.55. The zero-order valence-corrected chi connectivity index (χ0v) is 11.5. The number of ether oxygens (including phenoxy) is 1. The van der Waals surface area contributed by atoms with Gasteiger partial charge in [0, 0.05) is 19.8 Å². The second-order valence-electron chi connectivity index (χ2n) is 4.13. The molecule has 3 N–H and O–H groups in total. The number of hydrogen-bond acceptors (Lipinski definition) is 3. The summed E-state index contributed by atoms with van der Waals surface area (Å²) < 4.78 is 5.14. The van der Waals surface area contributed by atoms with Crippen molar-refractivity contribution in [3.8, 4) is 0 Å². The molecule has 1 aromatic carbocycles. The molecule has 0 spiro atoms. The van der Waals surface area contributed by atoms with Crippen LogP contribution in [0.25, 0.3) is 0 Å². The van der Waals surface area contributed by atoms with E-state index >= 15 is 0 Å². The quantitative estimate of drug-likeness (QED) is 0.630. The van der Waals surface area contributed by atoms with E-state index in [2.05, 4.69) is 10.6 Å². The van der Waals surface area contributed by atoms with Crippen molar-refractivity contribution >= 4 is 12.0 Å². The third-order valence-corrected chi connectivity index (χ3v) is 2.61. The van der Waals surface area contributed by atoms with Crippen LogP contribution in [-0.2, 0) is 9.53 Å². The summed E-state index contributed by atoms with van der Waals surface area (Å²) in [6, 6.07) is 7.01. The zero-order valence-electron chi connectivity index (χ0n) is 11.5. The Bertz CT molecular complexity index is 422. The molecule has 0 aliphatic carbocycles. The highest BCUT2D eigenvalue weighted by molar-refractivity contribution is 5.83. The van der Waals surface area contributed by atoms with Crippen LogP contribution in [0.3, 0.4) is 0 Å². The lowest BCUT2D eigenvalue weighted by Gasteiger charge is -2.15. The molecular weight excluding hydrogens is 260 g/mol. The van der Waals surface area contributed by atoms with E-state index in [1.807, 2.05) is 6.92 Å². The monoisotopic (exact) mass is 280 g/mol. The molecule has 0 saturated heterocycles. The first kappa shape index (κ1) is 16.0. The third kappa shape index (κ3) is 5.71. The smallest absolute Gasteiger partial charge is 0.330 e. The summed E-state index contributed by atoms with van der Waals surface area (Å²) >= 11 is 0. The molecule has 0 radical (unpaired) electrons. The van der Waals surface area contributed by atoms with Gasteiger partial charge in [-0.1, -0.05) is 30.3 Å². The fourth-order valence-electron chi connectivity index (χ4n) is 1.64. The molecule has 0 bridgehead atoms. The molecule has 0 heterocycles. The van der Waals surface area contributed by atoms with E-state index in [4.69, 9.17) is 9.84 Å². The van der Waals surface area contributed by atoms with Gasteiger partial charge in [-0.05, 0) is 18.9 Å². The molecule has 1 rings (SSSR count). The molecule has 20 heavy (non-hydrogen) atoms. The average molecular weight is 280 g/mol. The van der Waals surface area contributed by atoms with Gasteiger partial charge in [0.2, 0.25) is 0 Å². The van der Waals surface area contributed by atoms with Crippen molar-refractivity contribution in [3.63, 3.8) is 0 Å². The number of carbonyl (C=O) groups excluding carboxylic acids is 1. The van der Waals surface area contributed by atoms with E-state index < -0.39 is 18.0 Å². The van der Waals surface area contributed by atoms with Crippen LogP contribution in [0.4, 0.5) is 4.79 Å². The lowest BCUT2D eigenvalue weighted by molar-refractivity contribution is -0.139. The fraction of sp³-hybridized carbons (Fsp3) is 0.429. The molecule has 1 atom stereocenters. The molecule has 6 heteroatoms. The van der Waals surface area contributed by atoms with Crippen molar-refractivity contribution in [2.24, 2.45) is 0 Å². The maximum Gasteiger partial charge on any atom is 0.330 e. The van der Waals surface area contributed by atoms with E-state index in [1.165, 1.54) is 0 Å². The normalized spacial score (nSPS) is 11.7. The SMILES string of the molecule is CCOCCCNC(=O)N[C@@H](C(=O)O)c1ccccc1. The second kappa shape index (κ2) is 8.92. The molecule has 0 saturated carbocycles. The first-order valence-corrected chi connectivity index (χ1v) is 6.55. The predicted molar refractivity (Wildman–Crippen MR) is 74.5 cm³/mol. The number of carboxylic acid groups (broad SMARTS) is 1. The van der Waals surface area contributed by atoms with Gasteiger partial charge >= 0.3 is 12.0 Å². The summed E-state index contributed by atoms with van der Waals surface area (Å²) in [5.41, 5.74) is 0.532. The van der Waals surface area contributed by atoms with Crippen molar-refractivity contribution in [2.75, 3.05) is 19.8 Å². The Morgan fingerprint density at radius 2 is 2.00 bits per heavy atom. The third-order valence-electron chi connectivity index (χ3n) is 2.61. The molecule has 110 valence electrons. The first-order chi connectivity index (χ1) is 9.65. The second-order valence-corrected chi connectivity index (χ2v) is 4.13. The van der Waals surface area contributed by atoms with Crippen molar-refractivity contribution in [2.45, 2.75) is 19.4 Å². The minimum Gasteiger partial charge on any atom is -0.479 e. The fourth-order valence-corrected chi connectivity index (χ4v) is 1.64. The molecule has 2 amide bonds. The van der Waals surface area contributed by atoms with Gasteiger partial charge in [0.1, 0.15) is 0 Å². The highest BCUT2D eigenvalue weighted by Crippen LogP contribution is 2.12. The van der Waals surface area contributed by atoms with Crippen LogP contribution in [0.5, 0.6) is 0 Å². The minimum absolute atomic E-state index is 0.437. The standard InChI is InChI=1S/C14H20N2O4/c1-2-20-10-6-9-15-14(19)16-12(13(17)18)11-7-4-3-5-8-11/h3-5,7-8,12H,2,6,9-10H2,1H3,(H,17,18)(H2,15,16,19)/t12-/m1/s1. The van der Waals surface area contributed by atoms with Crippen LogP contribution < -0.4 is 10.6 Å². The maximum absolute atomic E-state index is 11.6. The van der Waals surface area contributed by atoms with Gasteiger partial charge in [0.15, 0.2) is 6.04 Å². The van der Waals surface area contributed by atoms with Gasteiger partial charge in [-0.2, -0.15) is 0 Å². The number of rotatable bonds is 8. The van der Waals surface area contributed by atoms with Crippen LogP contribution in [0.2, 0.25) is 0 Å². The first-order valence-electron chi connectivity index (χ1n) is 6.55. The van der Waals surface area contributed by atoms with E-state index in [0.717, 1.165) is 0 Å². The molecule has 6 nitrogen and oxygen atoms in total. The summed E-state index contributed by atoms with van der Waals surface area (Å²) in [6.07, 6.45) is 0.685. The number of nitrogens with one attached hydrogen (secondary N) is 2. The van der Waals surface area contributed by atoms with Gasteiger partial charge in [0.05, 0.1) is 0 Å². The van der Waals surface area contributed by atoms with Crippen LogP contribution in [-0.4, -0.2) is 36.9 Å².